The van der Waals surface area contributed by atoms with E-state index in [1.54, 1.807) is 0 Å². The molecule has 2 aliphatic rings. The van der Waals surface area contributed by atoms with E-state index in [0.717, 1.165) is 11.1 Å². The first kappa shape index (κ1) is 31.6. The maximum atomic E-state index is 4.28. The van der Waals surface area contributed by atoms with Crippen LogP contribution in [0.4, 0.5) is 0 Å². The summed E-state index contributed by atoms with van der Waals surface area (Å²) in [5.74, 6) is 0. The average Bonchev–Trinajstić information content (AvgIpc) is 3.62. The molecule has 1 spiro atoms. The van der Waals surface area contributed by atoms with Crippen LogP contribution in [0.25, 0.3) is 44.5 Å². The van der Waals surface area contributed by atoms with Crippen molar-refractivity contribution in [2.24, 2.45) is 0 Å². The van der Waals surface area contributed by atoms with Crippen molar-refractivity contribution in [2.75, 3.05) is 0 Å². The Labute approximate surface area is 291 Å². The second-order valence-corrected chi connectivity index (χ2v) is 12.6. The minimum Gasteiger partial charge on any atom is -0.0985 e. The summed E-state index contributed by atoms with van der Waals surface area (Å²) in [5.41, 5.74) is 18.2. The maximum absolute atomic E-state index is 4.28. The Morgan fingerprint density at radius 2 is 1.14 bits per heavy atom. The highest BCUT2D eigenvalue weighted by atomic mass is 14.5. The fourth-order valence-electron chi connectivity index (χ4n) is 7.76. The van der Waals surface area contributed by atoms with E-state index in [9.17, 15) is 0 Å². The van der Waals surface area contributed by atoms with Gasteiger partial charge in [0.25, 0.3) is 0 Å². The zero-order valence-electron chi connectivity index (χ0n) is 28.3. The molecule has 0 fully saturated rings. The van der Waals surface area contributed by atoms with Crippen molar-refractivity contribution in [1.29, 1.82) is 0 Å². The molecule has 0 unspecified atom stereocenters. The Hall–Kier alpha value is -5.98. The van der Waals surface area contributed by atoms with E-state index in [2.05, 4.69) is 185 Å². The van der Waals surface area contributed by atoms with Gasteiger partial charge in [0, 0.05) is 0 Å². The molecule has 0 radical (unpaired) electrons. The first-order valence-corrected chi connectivity index (χ1v) is 16.9. The molecule has 0 aromatic heterocycles. The first-order valence-electron chi connectivity index (χ1n) is 16.9. The first-order chi connectivity index (χ1) is 24.0. The molecule has 0 heterocycles. The van der Waals surface area contributed by atoms with Crippen LogP contribution in [0.5, 0.6) is 0 Å². The average molecular weight is 629 g/mol. The van der Waals surface area contributed by atoms with Crippen molar-refractivity contribution in [3.8, 4) is 33.4 Å². The fraction of sp³-hybridized carbons (Fsp3) is 0.0612. The van der Waals surface area contributed by atoms with Gasteiger partial charge in [-0.25, -0.2) is 0 Å². The van der Waals surface area contributed by atoms with Crippen LogP contribution in [0.1, 0.15) is 40.3 Å². The predicted octanol–water partition coefficient (Wildman–Crippen LogP) is 13.1. The molecule has 0 amide bonds. The molecule has 0 atom stereocenters. The Morgan fingerprint density at radius 3 is 1.80 bits per heavy atom. The van der Waals surface area contributed by atoms with Crippen molar-refractivity contribution in [3.05, 3.63) is 229 Å². The SMILES string of the molecule is C=CC(=C)c1cccc(-c2cccc3c2C2(C(/C=C\C)=C3C=C)c3ccccc3-c3ccccc32)c1.Cc1cccc(-c2ccccc2)c1. The highest BCUT2D eigenvalue weighted by Crippen LogP contribution is 2.63. The normalized spacial score (nSPS) is 13.3. The summed E-state index contributed by atoms with van der Waals surface area (Å²) in [7, 11) is 0. The highest BCUT2D eigenvalue weighted by Gasteiger charge is 2.52. The lowest BCUT2D eigenvalue weighted by atomic mass is 9.67. The van der Waals surface area contributed by atoms with E-state index in [1.165, 1.54) is 72.3 Å². The number of benzene rings is 6. The Morgan fingerprint density at radius 1 is 0.571 bits per heavy atom. The number of hydrogen-bond acceptors (Lipinski definition) is 0. The van der Waals surface area contributed by atoms with Gasteiger partial charge in [0.2, 0.25) is 0 Å². The summed E-state index contributed by atoms with van der Waals surface area (Å²) in [4.78, 5) is 0. The van der Waals surface area contributed by atoms with Gasteiger partial charge in [-0.1, -0.05) is 189 Å². The molecule has 0 N–H and O–H groups in total. The van der Waals surface area contributed by atoms with Crippen molar-refractivity contribution >= 4 is 11.1 Å². The van der Waals surface area contributed by atoms with Crippen molar-refractivity contribution < 1.29 is 0 Å². The molecule has 0 heteroatoms. The van der Waals surface area contributed by atoms with Crippen LogP contribution in [0.3, 0.4) is 0 Å². The lowest BCUT2D eigenvalue weighted by Crippen LogP contribution is -2.27. The van der Waals surface area contributed by atoms with Crippen LogP contribution in [-0.4, -0.2) is 0 Å². The zero-order valence-corrected chi connectivity index (χ0v) is 28.3. The molecule has 236 valence electrons. The third-order valence-electron chi connectivity index (χ3n) is 9.83. The minimum absolute atomic E-state index is 0.416. The van der Waals surface area contributed by atoms with Gasteiger partial charge in [-0.2, -0.15) is 0 Å². The van der Waals surface area contributed by atoms with Gasteiger partial charge in [-0.05, 0) is 97.8 Å². The maximum Gasteiger partial charge on any atom is 0.0731 e. The zero-order chi connectivity index (χ0) is 34.0. The van der Waals surface area contributed by atoms with Crippen LogP contribution in [0, 0.1) is 6.92 Å². The van der Waals surface area contributed by atoms with Crippen molar-refractivity contribution in [3.63, 3.8) is 0 Å². The Bertz CT molecular complexity index is 2240. The van der Waals surface area contributed by atoms with Gasteiger partial charge < -0.3 is 0 Å². The summed E-state index contributed by atoms with van der Waals surface area (Å²) in [5, 5.41) is 0. The molecule has 6 aromatic rings. The summed E-state index contributed by atoms with van der Waals surface area (Å²) in [6.07, 6.45) is 8.30. The molecule has 0 saturated heterocycles. The van der Waals surface area contributed by atoms with E-state index in [0.29, 0.717) is 0 Å². The summed E-state index contributed by atoms with van der Waals surface area (Å²) < 4.78 is 0. The van der Waals surface area contributed by atoms with Crippen LogP contribution in [0.2, 0.25) is 0 Å². The topological polar surface area (TPSA) is 0 Å². The highest BCUT2D eigenvalue weighted by molar-refractivity contribution is 6.01. The fourth-order valence-corrected chi connectivity index (χ4v) is 7.76. The third-order valence-corrected chi connectivity index (χ3v) is 9.83. The van der Waals surface area contributed by atoms with E-state index >= 15 is 0 Å². The molecule has 2 aliphatic carbocycles. The van der Waals surface area contributed by atoms with Gasteiger partial charge in [0.1, 0.15) is 0 Å². The van der Waals surface area contributed by atoms with E-state index < -0.39 is 5.41 Å². The summed E-state index contributed by atoms with van der Waals surface area (Å²) >= 11 is 0. The molecule has 0 bridgehead atoms. The van der Waals surface area contributed by atoms with Gasteiger partial charge in [-0.3, -0.25) is 0 Å². The minimum atomic E-state index is -0.416. The smallest absolute Gasteiger partial charge is 0.0731 e. The van der Waals surface area contributed by atoms with Gasteiger partial charge in [0.05, 0.1) is 5.41 Å². The summed E-state index contributed by atoms with van der Waals surface area (Å²) in [6, 6.07) is 52.1. The largest absolute Gasteiger partial charge is 0.0985 e. The van der Waals surface area contributed by atoms with Crippen LogP contribution < -0.4 is 0 Å². The van der Waals surface area contributed by atoms with Crippen LogP contribution in [0.15, 0.2) is 195 Å². The lowest BCUT2D eigenvalue weighted by molar-refractivity contribution is 0.788. The van der Waals surface area contributed by atoms with E-state index in [1.807, 2.05) is 18.2 Å². The van der Waals surface area contributed by atoms with Crippen molar-refractivity contribution in [1.82, 2.24) is 0 Å². The molecule has 49 heavy (non-hydrogen) atoms. The van der Waals surface area contributed by atoms with Gasteiger partial charge in [-0.15, -0.1) is 0 Å². The number of aryl methyl sites for hydroxylation is 1. The van der Waals surface area contributed by atoms with Crippen LogP contribution in [-0.2, 0) is 5.41 Å². The van der Waals surface area contributed by atoms with Gasteiger partial charge in [0.15, 0.2) is 0 Å². The third kappa shape index (κ3) is 5.27. The Balaban J connectivity index is 0.000000244. The quantitative estimate of drug-likeness (QED) is 0.161. The molecule has 6 aromatic carbocycles. The van der Waals surface area contributed by atoms with E-state index in [-0.39, 0.29) is 0 Å². The molecular weight excluding hydrogens is 589 g/mol. The number of rotatable bonds is 6. The van der Waals surface area contributed by atoms with Crippen LogP contribution >= 0.6 is 0 Å². The lowest BCUT2D eigenvalue weighted by Gasteiger charge is -2.33. The Kier molecular flexibility index (Phi) is 8.55. The monoisotopic (exact) mass is 628 g/mol. The molecule has 8 rings (SSSR count). The van der Waals surface area contributed by atoms with Crippen molar-refractivity contribution in [2.45, 2.75) is 19.3 Å². The number of fused-ring (bicyclic) bond motifs is 7. The number of allylic oxidation sites excluding steroid dienone is 7. The molecule has 0 nitrogen and oxygen atoms in total. The van der Waals surface area contributed by atoms with Gasteiger partial charge >= 0.3 is 0 Å². The standard InChI is InChI=1S/C36H28.C13H12/c1-5-14-32-27(7-3)31-20-13-19-28(26-16-12-15-25(23-26)24(4)6-2)35(31)36(32)33-21-10-8-17-29(33)30-18-9-11-22-34(30)36;1-11-6-5-9-13(10-11)12-7-3-2-4-8-12/h5-23H,2-4H2,1H3;2-10H,1H3/b14-5-;. The summed E-state index contributed by atoms with van der Waals surface area (Å²) in [6.45, 7) is 16.6. The second kappa shape index (κ2) is 13.3. The molecule has 0 aliphatic heterocycles. The molecular formula is C49H40. The van der Waals surface area contributed by atoms with E-state index in [4.69, 9.17) is 0 Å². The molecule has 0 saturated carbocycles. The second-order valence-electron chi connectivity index (χ2n) is 12.6. The predicted molar refractivity (Wildman–Crippen MR) is 211 cm³/mol. The number of hydrogen-bond donors (Lipinski definition) is 0.